The monoisotopic (exact) mass is 279 g/mol. The second kappa shape index (κ2) is 4.68. The van der Waals surface area contributed by atoms with E-state index in [4.69, 9.17) is 11.8 Å². The number of anilines is 1. The smallest absolute Gasteiger partial charge is 0.228 e. The van der Waals surface area contributed by atoms with Crippen LogP contribution in [0.2, 0.25) is 0 Å². The molecule has 18 heavy (non-hydrogen) atoms. The van der Waals surface area contributed by atoms with Gasteiger partial charge in [-0.3, -0.25) is 4.79 Å². The van der Waals surface area contributed by atoms with Crippen LogP contribution in [0.4, 0.5) is 5.69 Å². The molecule has 0 spiro atoms. The number of fused-ring (bicyclic) bond motifs is 1. The molecule has 0 saturated carbocycles. The van der Waals surface area contributed by atoms with Gasteiger partial charge in [0.2, 0.25) is 5.91 Å². The standard InChI is InChI=1S/C12H10ClN3OS/c13-15-6-9-5-14-12(18-9)7-1-2-10-8(3-7)4-11(17)16-10/h1-3,5,15H,4,6H2,(H,16,17). The maximum absolute atomic E-state index is 11.3. The van der Waals surface area contributed by atoms with Crippen molar-refractivity contribution in [3.8, 4) is 10.6 Å². The van der Waals surface area contributed by atoms with Crippen molar-refractivity contribution >= 4 is 34.7 Å². The van der Waals surface area contributed by atoms with E-state index >= 15 is 0 Å². The van der Waals surface area contributed by atoms with Crippen LogP contribution in [0.15, 0.2) is 24.4 Å². The second-order valence-electron chi connectivity index (χ2n) is 4.04. The van der Waals surface area contributed by atoms with E-state index in [2.05, 4.69) is 15.1 Å². The zero-order valence-corrected chi connectivity index (χ0v) is 10.9. The van der Waals surface area contributed by atoms with E-state index < -0.39 is 0 Å². The highest BCUT2D eigenvalue weighted by molar-refractivity contribution is 7.15. The van der Waals surface area contributed by atoms with E-state index in [1.54, 1.807) is 11.3 Å². The number of carbonyl (C=O) groups excluding carboxylic acids is 1. The third-order valence-corrected chi connectivity index (χ3v) is 3.95. The van der Waals surface area contributed by atoms with Gasteiger partial charge in [0.05, 0.1) is 6.42 Å². The van der Waals surface area contributed by atoms with Gasteiger partial charge in [0.1, 0.15) is 5.01 Å². The van der Waals surface area contributed by atoms with Crippen LogP contribution in [-0.4, -0.2) is 10.9 Å². The Kier molecular flexibility index (Phi) is 3.03. The summed E-state index contributed by atoms with van der Waals surface area (Å²) in [5, 5.41) is 3.76. The maximum atomic E-state index is 11.3. The van der Waals surface area contributed by atoms with Crippen molar-refractivity contribution in [1.82, 2.24) is 9.82 Å². The molecule has 92 valence electrons. The van der Waals surface area contributed by atoms with Crippen molar-refractivity contribution in [2.75, 3.05) is 5.32 Å². The molecule has 2 heterocycles. The number of rotatable bonds is 3. The fraction of sp³-hybridized carbons (Fsp3) is 0.167. The van der Waals surface area contributed by atoms with Crippen LogP contribution in [0.5, 0.6) is 0 Å². The van der Waals surface area contributed by atoms with E-state index in [0.29, 0.717) is 13.0 Å². The Hall–Kier alpha value is -1.43. The number of benzene rings is 1. The third kappa shape index (κ3) is 2.12. The first kappa shape index (κ1) is 11.6. The Labute approximate surface area is 113 Å². The first-order chi connectivity index (χ1) is 8.76. The highest BCUT2D eigenvalue weighted by atomic mass is 35.5. The molecule has 0 unspecified atom stereocenters. The van der Waals surface area contributed by atoms with Crippen LogP contribution < -0.4 is 10.2 Å². The molecule has 1 aliphatic rings. The second-order valence-corrected chi connectivity index (χ2v) is 5.42. The van der Waals surface area contributed by atoms with Crippen molar-refractivity contribution < 1.29 is 4.79 Å². The van der Waals surface area contributed by atoms with Gasteiger partial charge in [0, 0.05) is 28.9 Å². The zero-order chi connectivity index (χ0) is 12.5. The lowest BCUT2D eigenvalue weighted by Gasteiger charge is -2.00. The molecule has 3 rings (SSSR count). The average molecular weight is 280 g/mol. The van der Waals surface area contributed by atoms with E-state index in [-0.39, 0.29) is 5.91 Å². The molecule has 0 radical (unpaired) electrons. The summed E-state index contributed by atoms with van der Waals surface area (Å²) in [6, 6.07) is 5.92. The Morgan fingerprint density at radius 2 is 2.39 bits per heavy atom. The molecule has 2 aromatic rings. The molecular formula is C12H10ClN3OS. The highest BCUT2D eigenvalue weighted by Gasteiger charge is 2.18. The number of nitrogens with one attached hydrogen (secondary N) is 2. The van der Waals surface area contributed by atoms with Crippen molar-refractivity contribution in [2.45, 2.75) is 13.0 Å². The van der Waals surface area contributed by atoms with Crippen molar-refractivity contribution in [3.63, 3.8) is 0 Å². The molecule has 0 atom stereocenters. The van der Waals surface area contributed by atoms with Gasteiger partial charge >= 0.3 is 0 Å². The topological polar surface area (TPSA) is 54.0 Å². The van der Waals surface area contributed by atoms with Crippen LogP contribution in [0.1, 0.15) is 10.4 Å². The predicted octanol–water partition coefficient (Wildman–Crippen LogP) is 2.55. The molecule has 0 saturated heterocycles. The molecule has 1 amide bonds. The maximum Gasteiger partial charge on any atom is 0.228 e. The highest BCUT2D eigenvalue weighted by Crippen LogP contribution is 2.31. The Morgan fingerprint density at radius 3 is 3.22 bits per heavy atom. The summed E-state index contributed by atoms with van der Waals surface area (Å²) in [6.07, 6.45) is 2.26. The number of hydrogen-bond acceptors (Lipinski definition) is 4. The summed E-state index contributed by atoms with van der Waals surface area (Å²) in [5.41, 5.74) is 2.98. The molecule has 2 N–H and O–H groups in total. The fourth-order valence-corrected chi connectivity index (χ4v) is 3.02. The summed E-state index contributed by atoms with van der Waals surface area (Å²) in [5.74, 6) is 0.0494. The quantitative estimate of drug-likeness (QED) is 0.849. The summed E-state index contributed by atoms with van der Waals surface area (Å²) < 4.78 is 0. The molecule has 4 nitrogen and oxygen atoms in total. The van der Waals surface area contributed by atoms with Crippen molar-refractivity contribution in [3.05, 3.63) is 34.8 Å². The first-order valence-corrected chi connectivity index (χ1v) is 6.67. The third-order valence-electron chi connectivity index (χ3n) is 2.77. The summed E-state index contributed by atoms with van der Waals surface area (Å²) >= 11 is 7.06. The van der Waals surface area contributed by atoms with Gasteiger partial charge in [-0.15, -0.1) is 11.3 Å². The molecular weight excluding hydrogens is 270 g/mol. The van der Waals surface area contributed by atoms with Gasteiger partial charge in [-0.1, -0.05) is 0 Å². The number of thiazole rings is 1. The van der Waals surface area contributed by atoms with E-state index in [1.165, 1.54) is 0 Å². The van der Waals surface area contributed by atoms with Gasteiger partial charge in [0.25, 0.3) is 0 Å². The van der Waals surface area contributed by atoms with Gasteiger partial charge in [-0.2, -0.15) is 0 Å². The fourth-order valence-electron chi connectivity index (χ4n) is 1.95. The lowest BCUT2D eigenvalue weighted by Crippen LogP contribution is -2.03. The van der Waals surface area contributed by atoms with E-state index in [0.717, 1.165) is 26.7 Å². The minimum absolute atomic E-state index is 0.0494. The lowest BCUT2D eigenvalue weighted by atomic mass is 10.1. The van der Waals surface area contributed by atoms with Gasteiger partial charge in [0.15, 0.2) is 0 Å². The van der Waals surface area contributed by atoms with Gasteiger partial charge in [-0.05, 0) is 35.5 Å². The molecule has 6 heteroatoms. The molecule has 1 aromatic carbocycles. The van der Waals surface area contributed by atoms with Crippen LogP contribution in [0.25, 0.3) is 10.6 Å². The number of nitrogens with zero attached hydrogens (tertiary/aromatic N) is 1. The minimum atomic E-state index is 0.0494. The SMILES string of the molecule is O=C1Cc2cc(-c3ncc(CNCl)s3)ccc2N1. The van der Waals surface area contributed by atoms with Gasteiger partial charge < -0.3 is 5.32 Å². The molecule has 1 aromatic heterocycles. The number of halogens is 1. The Morgan fingerprint density at radius 1 is 1.50 bits per heavy atom. The summed E-state index contributed by atoms with van der Waals surface area (Å²) in [7, 11) is 0. The van der Waals surface area contributed by atoms with Gasteiger partial charge in [-0.25, -0.2) is 9.82 Å². The van der Waals surface area contributed by atoms with Crippen LogP contribution in [0, 0.1) is 0 Å². The number of carbonyl (C=O) groups is 1. The minimum Gasteiger partial charge on any atom is -0.326 e. The molecule has 1 aliphatic heterocycles. The summed E-state index contributed by atoms with van der Waals surface area (Å²) in [6.45, 7) is 0.601. The number of hydrogen-bond donors (Lipinski definition) is 2. The Balaban J connectivity index is 1.92. The Bertz CT molecular complexity index is 611. The first-order valence-electron chi connectivity index (χ1n) is 5.47. The molecule has 0 fully saturated rings. The zero-order valence-electron chi connectivity index (χ0n) is 9.37. The van der Waals surface area contributed by atoms with Crippen molar-refractivity contribution in [2.24, 2.45) is 0 Å². The summed E-state index contributed by atoms with van der Waals surface area (Å²) in [4.78, 5) is 19.3. The predicted molar refractivity (Wildman–Crippen MR) is 72.6 cm³/mol. The van der Waals surface area contributed by atoms with E-state index in [1.807, 2.05) is 24.4 Å². The van der Waals surface area contributed by atoms with Crippen LogP contribution >= 0.6 is 23.1 Å². The molecule has 0 bridgehead atoms. The largest absolute Gasteiger partial charge is 0.326 e. The normalized spacial score (nSPS) is 13.5. The average Bonchev–Trinajstić information content (AvgIpc) is 2.93. The molecule has 0 aliphatic carbocycles. The number of amides is 1. The number of aromatic nitrogens is 1. The van der Waals surface area contributed by atoms with Crippen molar-refractivity contribution in [1.29, 1.82) is 0 Å². The van der Waals surface area contributed by atoms with Crippen LogP contribution in [-0.2, 0) is 17.8 Å². The van der Waals surface area contributed by atoms with Crippen LogP contribution in [0.3, 0.4) is 0 Å². The van der Waals surface area contributed by atoms with E-state index in [9.17, 15) is 4.79 Å². The lowest BCUT2D eigenvalue weighted by molar-refractivity contribution is -0.115.